The van der Waals surface area contributed by atoms with Gasteiger partial charge in [0.15, 0.2) is 0 Å². The minimum atomic E-state index is -0.845. The van der Waals surface area contributed by atoms with Gasteiger partial charge < -0.3 is 35.5 Å². The Labute approximate surface area is 293 Å². The summed E-state index contributed by atoms with van der Waals surface area (Å²) in [4.78, 5) is 35.6. The number of aliphatic hydroxyl groups excluding tert-OH is 2. The second kappa shape index (κ2) is 14.6. The van der Waals surface area contributed by atoms with E-state index in [0.717, 1.165) is 41.0 Å². The fourth-order valence-electron chi connectivity index (χ4n) is 8.98. The predicted molar refractivity (Wildman–Crippen MR) is 198 cm³/mol. The lowest BCUT2D eigenvalue weighted by atomic mass is 9.45. The van der Waals surface area contributed by atoms with E-state index in [4.69, 9.17) is 0 Å². The molecule has 3 saturated carbocycles. The number of β-amino-alcohol motifs (C(OH)–C–C–N with tert-alkyl or cyclic N) is 1. The van der Waals surface area contributed by atoms with Gasteiger partial charge in [0.05, 0.1) is 18.2 Å². The van der Waals surface area contributed by atoms with Crippen LogP contribution >= 0.6 is 0 Å². The van der Waals surface area contributed by atoms with Gasteiger partial charge in [-0.2, -0.15) is 0 Å². The fourth-order valence-corrected chi connectivity index (χ4v) is 8.98. The van der Waals surface area contributed by atoms with Crippen LogP contribution in [0.2, 0.25) is 0 Å². The van der Waals surface area contributed by atoms with Crippen molar-refractivity contribution in [1.29, 1.82) is 0 Å². The zero-order chi connectivity index (χ0) is 35.9. The third-order valence-electron chi connectivity index (χ3n) is 11.9. The minimum Gasteiger partial charge on any atom is -0.393 e. The minimum absolute atomic E-state index is 0.0948. The van der Waals surface area contributed by atoms with Crippen LogP contribution in [-0.4, -0.2) is 118 Å². The van der Waals surface area contributed by atoms with Crippen molar-refractivity contribution in [3.8, 4) is 11.1 Å². The number of benzene rings is 2. The molecule has 4 fully saturated rings. The number of anilines is 2. The Morgan fingerprint density at radius 1 is 1.04 bits per heavy atom. The summed E-state index contributed by atoms with van der Waals surface area (Å²) >= 11 is 0. The molecule has 4 N–H and O–H groups in total. The maximum atomic E-state index is 14.2. The molecule has 0 unspecified atom stereocenters. The van der Waals surface area contributed by atoms with Crippen molar-refractivity contribution in [1.82, 2.24) is 20.4 Å². The molecule has 2 amide bonds. The molecular weight excluding hydrogens is 616 g/mol. The molecule has 0 aromatic heterocycles. The van der Waals surface area contributed by atoms with Crippen LogP contribution in [0.1, 0.15) is 56.5 Å². The number of hydrogen-bond donors (Lipinski definition) is 4. The van der Waals surface area contributed by atoms with Crippen LogP contribution in [-0.2, 0) is 11.3 Å². The summed E-state index contributed by atoms with van der Waals surface area (Å²) in [5.74, 6) is 0.759. The van der Waals surface area contributed by atoms with E-state index in [1.54, 1.807) is 6.92 Å². The fraction of sp³-hybridized carbons (Fsp3) is 0.641. The number of aliphatic hydroxyl groups is 2. The first-order valence-electron chi connectivity index (χ1n) is 18.0. The van der Waals surface area contributed by atoms with E-state index < -0.39 is 24.2 Å². The standard InChI is InChI=1S/C39H60N6O4/c1-23-31-19-28(39(31,3)4)20-32(23)41-38(49)36-34(24(2)46)33(47)22-45(36)21-25-12-11-13-30(35(25)44(9)10)26-16-27(18-29(17-26)43(7)8)37(48)40-14-15-42(5)6/h11-13,16-18,23-24,28,31-34,36,46-47H,14-15,19-22H2,1-10H3,(H,40,48)(H,41,49)/t23-,24-,28-,31-,32-,33-,34+,36-/m0/s1. The maximum absolute atomic E-state index is 14.2. The number of nitrogens with one attached hydrogen (secondary N) is 2. The molecule has 4 aliphatic rings. The maximum Gasteiger partial charge on any atom is 0.251 e. The van der Waals surface area contributed by atoms with Crippen molar-refractivity contribution < 1.29 is 19.8 Å². The van der Waals surface area contributed by atoms with Crippen LogP contribution in [0.3, 0.4) is 0 Å². The highest BCUT2D eigenvalue weighted by atomic mass is 16.3. The first-order chi connectivity index (χ1) is 23.0. The van der Waals surface area contributed by atoms with Crippen LogP contribution in [0, 0.1) is 29.1 Å². The normalized spacial score (nSPS) is 28.1. The van der Waals surface area contributed by atoms with E-state index >= 15 is 0 Å². The predicted octanol–water partition coefficient (Wildman–Crippen LogP) is 3.51. The monoisotopic (exact) mass is 676 g/mol. The molecule has 10 heteroatoms. The topological polar surface area (TPSA) is 112 Å². The van der Waals surface area contributed by atoms with Gasteiger partial charge in [0.25, 0.3) is 5.91 Å². The highest BCUT2D eigenvalue weighted by molar-refractivity contribution is 5.97. The number of fused-ring (bicyclic) bond motifs is 2. The molecule has 0 spiro atoms. The molecule has 2 aromatic carbocycles. The smallest absolute Gasteiger partial charge is 0.251 e. The van der Waals surface area contributed by atoms with E-state index in [1.807, 2.05) is 75.2 Å². The molecule has 1 aliphatic heterocycles. The highest BCUT2D eigenvalue weighted by Crippen LogP contribution is 2.61. The lowest BCUT2D eigenvalue weighted by molar-refractivity contribution is -0.139. The van der Waals surface area contributed by atoms with Crippen LogP contribution in [0.5, 0.6) is 0 Å². The summed E-state index contributed by atoms with van der Waals surface area (Å²) in [7, 11) is 11.9. The molecule has 0 radical (unpaired) electrons. The summed E-state index contributed by atoms with van der Waals surface area (Å²) in [6.45, 7) is 10.7. The lowest BCUT2D eigenvalue weighted by Gasteiger charge is -2.62. The highest BCUT2D eigenvalue weighted by Gasteiger charge is 2.57. The molecule has 10 nitrogen and oxygen atoms in total. The number of nitrogens with zero attached hydrogens (tertiary/aromatic N) is 4. The van der Waals surface area contributed by atoms with Gasteiger partial charge in [0, 0.05) is 88.8 Å². The number of hydrogen-bond acceptors (Lipinski definition) is 8. The van der Waals surface area contributed by atoms with Gasteiger partial charge in [-0.15, -0.1) is 0 Å². The number of rotatable bonds is 12. The summed E-state index contributed by atoms with van der Waals surface area (Å²) in [6, 6.07) is 11.5. The molecule has 1 saturated heterocycles. The number of likely N-dealkylation sites (N-methyl/N-ethyl adjacent to an activating group) is 1. The van der Waals surface area contributed by atoms with E-state index in [0.29, 0.717) is 41.8 Å². The number of likely N-dealkylation sites (tertiary alicyclic amines) is 1. The summed E-state index contributed by atoms with van der Waals surface area (Å²) < 4.78 is 0. The Bertz CT molecular complexity index is 1510. The van der Waals surface area contributed by atoms with E-state index in [2.05, 4.69) is 54.5 Å². The number of carbonyl (C=O) groups is 2. The van der Waals surface area contributed by atoms with Gasteiger partial charge in [0.1, 0.15) is 0 Å². The average molecular weight is 677 g/mol. The third-order valence-corrected chi connectivity index (χ3v) is 11.9. The average Bonchev–Trinajstić information content (AvgIpc) is 3.36. The van der Waals surface area contributed by atoms with Gasteiger partial charge >= 0.3 is 0 Å². The van der Waals surface area contributed by atoms with E-state index in [1.165, 1.54) is 6.42 Å². The second-order valence-electron chi connectivity index (χ2n) is 16.3. The van der Waals surface area contributed by atoms with Gasteiger partial charge in [-0.05, 0) is 86.4 Å². The Morgan fingerprint density at radius 2 is 1.76 bits per heavy atom. The van der Waals surface area contributed by atoms with Crippen molar-refractivity contribution in [3.05, 3.63) is 47.5 Å². The van der Waals surface area contributed by atoms with Crippen molar-refractivity contribution in [3.63, 3.8) is 0 Å². The van der Waals surface area contributed by atoms with Crippen LogP contribution < -0.4 is 20.4 Å². The zero-order valence-electron chi connectivity index (χ0n) is 31.3. The molecule has 6 rings (SSSR count). The van der Waals surface area contributed by atoms with Crippen molar-refractivity contribution in [2.45, 2.75) is 71.4 Å². The number of para-hydroxylation sites is 1. The molecular formula is C39H60N6O4. The van der Waals surface area contributed by atoms with Crippen LogP contribution in [0.25, 0.3) is 11.1 Å². The second-order valence-corrected chi connectivity index (χ2v) is 16.3. The van der Waals surface area contributed by atoms with E-state index in [9.17, 15) is 19.8 Å². The summed E-state index contributed by atoms with van der Waals surface area (Å²) in [6.07, 6.45) is 0.528. The van der Waals surface area contributed by atoms with Crippen LogP contribution in [0.4, 0.5) is 11.4 Å². The number of amides is 2. The van der Waals surface area contributed by atoms with Gasteiger partial charge in [-0.25, -0.2) is 0 Å². The molecule has 3 aliphatic carbocycles. The lowest BCUT2D eigenvalue weighted by Crippen LogP contribution is -2.62. The Hall–Kier alpha value is -3.18. The molecule has 49 heavy (non-hydrogen) atoms. The van der Waals surface area contributed by atoms with Crippen molar-refractivity contribution in [2.24, 2.45) is 29.1 Å². The molecule has 8 atom stereocenters. The van der Waals surface area contributed by atoms with Crippen molar-refractivity contribution >= 4 is 23.2 Å². The molecule has 2 aromatic rings. The summed E-state index contributed by atoms with van der Waals surface area (Å²) in [5.41, 5.74) is 5.69. The van der Waals surface area contributed by atoms with Gasteiger partial charge in [0.2, 0.25) is 5.91 Å². The first kappa shape index (κ1) is 37.1. The van der Waals surface area contributed by atoms with Gasteiger partial charge in [-0.3, -0.25) is 14.5 Å². The molecule has 1 heterocycles. The Morgan fingerprint density at radius 3 is 2.35 bits per heavy atom. The first-order valence-corrected chi connectivity index (χ1v) is 18.0. The quantitative estimate of drug-likeness (QED) is 0.271. The summed E-state index contributed by atoms with van der Waals surface area (Å²) in [5, 5.41) is 28.5. The molecule has 2 bridgehead atoms. The van der Waals surface area contributed by atoms with Crippen molar-refractivity contribution in [2.75, 3.05) is 71.7 Å². The Kier molecular flexibility index (Phi) is 11.0. The third kappa shape index (κ3) is 7.48. The van der Waals surface area contributed by atoms with Gasteiger partial charge in [-0.1, -0.05) is 39.0 Å². The molecule has 270 valence electrons. The zero-order valence-corrected chi connectivity index (χ0v) is 31.3. The number of carbonyl (C=O) groups excluding carboxylic acids is 2. The van der Waals surface area contributed by atoms with Crippen LogP contribution in [0.15, 0.2) is 36.4 Å². The largest absolute Gasteiger partial charge is 0.393 e. The van der Waals surface area contributed by atoms with E-state index in [-0.39, 0.29) is 24.4 Å². The SMILES string of the molecule is C[C@@H]1[C@@H](NC(=O)[C@@H]2[C@H]([C@H](C)O)[C@@H](O)CN2Cc2cccc(-c3cc(C(=O)NCCN(C)C)cc(N(C)C)c3)c2N(C)C)C[C@@H]2C[C@@H]1C2(C)C. The Balaban J connectivity index is 1.45.